The molecule has 0 bridgehead atoms. The second-order valence-electron chi connectivity index (χ2n) is 8.62. The van der Waals surface area contributed by atoms with Gasteiger partial charge in [0.05, 0.1) is 0 Å². The number of fused-ring (bicyclic) bond motifs is 1. The van der Waals surface area contributed by atoms with E-state index in [1.165, 1.54) is 20.8 Å². The van der Waals surface area contributed by atoms with Crippen LogP contribution in [0.3, 0.4) is 0 Å². The number of benzene rings is 2. The van der Waals surface area contributed by atoms with Gasteiger partial charge in [0, 0.05) is 43.2 Å². The Morgan fingerprint density at radius 3 is 2.50 bits per heavy atom. The smallest absolute Gasteiger partial charge is 0.236 e. The number of rotatable bonds is 7. The molecule has 4 rings (SSSR count). The van der Waals surface area contributed by atoms with E-state index in [2.05, 4.69) is 29.3 Å². The van der Waals surface area contributed by atoms with E-state index >= 15 is 0 Å². The van der Waals surface area contributed by atoms with Gasteiger partial charge in [-0.15, -0.1) is 0 Å². The first-order chi connectivity index (χ1) is 15.4. The Balaban J connectivity index is 1.30. The molecule has 0 unspecified atom stereocenters. The summed E-state index contributed by atoms with van der Waals surface area (Å²) in [7, 11) is -3.49. The van der Waals surface area contributed by atoms with Gasteiger partial charge in [0.2, 0.25) is 15.9 Å². The van der Waals surface area contributed by atoms with E-state index in [-0.39, 0.29) is 11.8 Å². The number of carbonyl (C=O) groups is 1. The zero-order valence-electron chi connectivity index (χ0n) is 18.5. The highest BCUT2D eigenvalue weighted by Crippen LogP contribution is 2.27. The van der Waals surface area contributed by atoms with E-state index in [1.807, 2.05) is 36.4 Å². The van der Waals surface area contributed by atoms with Crippen molar-refractivity contribution in [3.63, 3.8) is 0 Å². The molecule has 32 heavy (non-hydrogen) atoms. The van der Waals surface area contributed by atoms with Gasteiger partial charge in [-0.05, 0) is 60.7 Å². The van der Waals surface area contributed by atoms with Crippen molar-refractivity contribution < 1.29 is 13.2 Å². The highest BCUT2D eigenvalue weighted by atomic mass is 32.2. The van der Waals surface area contributed by atoms with Gasteiger partial charge in [-0.2, -0.15) is 4.31 Å². The zero-order valence-corrected chi connectivity index (χ0v) is 19.4. The predicted molar refractivity (Wildman–Crippen MR) is 128 cm³/mol. The summed E-state index contributed by atoms with van der Waals surface area (Å²) in [5.74, 6) is -0.199. The number of nitrogens with zero attached hydrogens (tertiary/aromatic N) is 2. The summed E-state index contributed by atoms with van der Waals surface area (Å²) in [6.45, 7) is 5.89. The highest BCUT2D eigenvalue weighted by Gasteiger charge is 2.30. The number of hydrogen-bond donors (Lipinski definition) is 1. The maximum absolute atomic E-state index is 12.8. The van der Waals surface area contributed by atoms with Crippen LogP contribution in [0.15, 0.2) is 53.9 Å². The summed E-state index contributed by atoms with van der Waals surface area (Å²) < 4.78 is 26.8. The lowest BCUT2D eigenvalue weighted by Gasteiger charge is -2.29. The van der Waals surface area contributed by atoms with Gasteiger partial charge in [0.25, 0.3) is 0 Å². The Labute approximate surface area is 191 Å². The van der Waals surface area contributed by atoms with Crippen LogP contribution in [0.2, 0.25) is 0 Å². The average molecular weight is 454 g/mol. The molecule has 2 aromatic rings. The maximum atomic E-state index is 12.8. The van der Waals surface area contributed by atoms with Crippen LogP contribution >= 0.6 is 0 Å². The normalized spacial score (nSPS) is 18.2. The molecule has 2 heterocycles. The fourth-order valence-corrected chi connectivity index (χ4v) is 5.67. The lowest BCUT2D eigenvalue weighted by molar-refractivity contribution is -0.120. The van der Waals surface area contributed by atoms with Crippen molar-refractivity contribution in [2.45, 2.75) is 39.3 Å². The molecular weight excluding hydrogens is 422 g/mol. The molecule has 1 N–H and O–H groups in total. The van der Waals surface area contributed by atoms with Gasteiger partial charge in [-0.3, -0.25) is 9.69 Å². The van der Waals surface area contributed by atoms with Gasteiger partial charge in [0.15, 0.2) is 0 Å². The van der Waals surface area contributed by atoms with Crippen molar-refractivity contribution >= 4 is 27.7 Å². The van der Waals surface area contributed by atoms with E-state index in [0.717, 1.165) is 37.3 Å². The maximum Gasteiger partial charge on any atom is 0.236 e. The molecule has 0 radical (unpaired) electrons. The summed E-state index contributed by atoms with van der Waals surface area (Å²) in [5, 5.41) is 4.31. The summed E-state index contributed by atoms with van der Waals surface area (Å²) in [6.07, 6.45) is 3.80. The van der Waals surface area contributed by atoms with Crippen LogP contribution in [0.5, 0.6) is 0 Å². The molecule has 7 heteroatoms. The van der Waals surface area contributed by atoms with Crippen LogP contribution in [-0.2, 0) is 27.9 Å². The lowest BCUT2D eigenvalue weighted by atomic mass is 9.97. The minimum absolute atomic E-state index is 0.0229. The molecule has 1 fully saturated rings. The van der Waals surface area contributed by atoms with E-state index in [9.17, 15) is 13.2 Å². The number of carbonyl (C=O) groups excluding carboxylic acids is 1. The van der Waals surface area contributed by atoms with Crippen molar-refractivity contribution in [1.82, 2.24) is 9.21 Å². The fraction of sp³-hybridized carbons (Fsp3) is 0.400. The zero-order chi connectivity index (χ0) is 22.6. The summed E-state index contributed by atoms with van der Waals surface area (Å²) >= 11 is 0. The molecule has 0 aromatic heterocycles. The quantitative estimate of drug-likeness (QED) is 0.686. The van der Waals surface area contributed by atoms with Gasteiger partial charge in [-0.1, -0.05) is 43.3 Å². The molecule has 6 nitrogen and oxygen atoms in total. The third-order valence-electron chi connectivity index (χ3n) is 6.22. The minimum atomic E-state index is -3.49. The summed E-state index contributed by atoms with van der Waals surface area (Å²) in [6, 6.07) is 15.5. The van der Waals surface area contributed by atoms with E-state index in [0.29, 0.717) is 25.9 Å². The predicted octanol–water partition coefficient (Wildman–Crippen LogP) is 4.06. The second kappa shape index (κ2) is 9.98. The first-order valence-electron chi connectivity index (χ1n) is 11.3. The molecule has 170 valence electrons. The number of piperidine rings is 1. The summed E-state index contributed by atoms with van der Waals surface area (Å²) in [5.41, 5.74) is 4.28. The Kier molecular flexibility index (Phi) is 7.08. The first-order valence-corrected chi connectivity index (χ1v) is 12.8. The molecule has 2 aliphatic rings. The Morgan fingerprint density at radius 1 is 1.06 bits per heavy atom. The van der Waals surface area contributed by atoms with Gasteiger partial charge in [0.1, 0.15) is 0 Å². The van der Waals surface area contributed by atoms with E-state index < -0.39 is 10.0 Å². The van der Waals surface area contributed by atoms with Crippen LogP contribution < -0.4 is 5.32 Å². The molecule has 0 saturated carbocycles. The van der Waals surface area contributed by atoms with Crippen LogP contribution in [-0.4, -0.2) is 43.2 Å². The van der Waals surface area contributed by atoms with Gasteiger partial charge < -0.3 is 5.32 Å². The SMILES string of the molecule is CCCN1Cc2ccc(NC(=O)C3CCN(S(=O)(=O)/C=C\c4ccccc4)CC3)cc2C1. The minimum Gasteiger partial charge on any atom is -0.326 e. The number of nitrogens with one attached hydrogen (secondary N) is 1. The highest BCUT2D eigenvalue weighted by molar-refractivity contribution is 7.92. The van der Waals surface area contributed by atoms with Gasteiger partial charge >= 0.3 is 0 Å². The molecular formula is C25H31N3O3S. The van der Waals surface area contributed by atoms with Crippen molar-refractivity contribution in [1.29, 1.82) is 0 Å². The van der Waals surface area contributed by atoms with Crippen LogP contribution in [0.1, 0.15) is 42.9 Å². The number of anilines is 1. The molecule has 1 amide bonds. The molecule has 0 spiro atoms. The van der Waals surface area contributed by atoms with Crippen molar-refractivity contribution in [2.75, 3.05) is 25.0 Å². The number of amides is 1. The van der Waals surface area contributed by atoms with Crippen molar-refractivity contribution in [3.05, 3.63) is 70.6 Å². The lowest BCUT2D eigenvalue weighted by Crippen LogP contribution is -2.40. The fourth-order valence-electron chi connectivity index (χ4n) is 4.45. The summed E-state index contributed by atoms with van der Waals surface area (Å²) in [4.78, 5) is 15.2. The van der Waals surface area contributed by atoms with Crippen molar-refractivity contribution in [3.8, 4) is 0 Å². The number of sulfonamides is 1. The molecule has 2 aliphatic heterocycles. The number of hydrogen-bond acceptors (Lipinski definition) is 4. The third-order valence-corrected chi connectivity index (χ3v) is 7.78. The Morgan fingerprint density at radius 2 is 1.78 bits per heavy atom. The van der Waals surface area contributed by atoms with E-state index in [4.69, 9.17) is 0 Å². The second-order valence-corrected chi connectivity index (χ2v) is 10.4. The topological polar surface area (TPSA) is 69.7 Å². The Bertz CT molecular complexity index is 1070. The molecule has 2 aromatic carbocycles. The van der Waals surface area contributed by atoms with Gasteiger partial charge in [-0.25, -0.2) is 8.42 Å². The van der Waals surface area contributed by atoms with Crippen molar-refractivity contribution in [2.24, 2.45) is 5.92 Å². The van der Waals surface area contributed by atoms with Crippen LogP contribution in [0.4, 0.5) is 5.69 Å². The van der Waals surface area contributed by atoms with E-state index in [1.54, 1.807) is 6.08 Å². The molecule has 1 saturated heterocycles. The van der Waals surface area contributed by atoms with Crippen LogP contribution in [0.25, 0.3) is 6.08 Å². The first kappa shape index (κ1) is 22.7. The molecule has 0 atom stereocenters. The molecule has 0 aliphatic carbocycles. The Hall–Kier alpha value is -2.48. The third kappa shape index (κ3) is 5.46. The standard InChI is InChI=1S/C25H31N3O3S/c1-2-13-27-18-22-8-9-24(17-23(22)19-27)26-25(29)21-10-14-28(15-11-21)32(30,31)16-12-20-6-4-3-5-7-20/h3-9,12,16-17,21H,2,10-11,13-15,18-19H2,1H3,(H,26,29)/b16-12-. The largest absolute Gasteiger partial charge is 0.326 e. The average Bonchev–Trinajstić information content (AvgIpc) is 3.20. The monoisotopic (exact) mass is 453 g/mol. The van der Waals surface area contributed by atoms with Crippen LogP contribution in [0, 0.1) is 5.92 Å².